The van der Waals surface area contributed by atoms with Crippen molar-refractivity contribution < 1.29 is 14.3 Å². The maximum Gasteiger partial charge on any atom is 0.254 e. The van der Waals surface area contributed by atoms with Crippen molar-refractivity contribution in [2.45, 2.75) is 18.9 Å². The van der Waals surface area contributed by atoms with Gasteiger partial charge in [-0.3, -0.25) is 19.5 Å². The number of para-hydroxylation sites is 1. The van der Waals surface area contributed by atoms with Crippen LogP contribution in [0.2, 0.25) is 5.02 Å². The molecule has 8 heteroatoms. The molecule has 0 spiro atoms. The molecule has 24 heavy (non-hydrogen) atoms. The summed E-state index contributed by atoms with van der Waals surface area (Å²) in [5.74, 6) is -0.0539. The van der Waals surface area contributed by atoms with Crippen molar-refractivity contribution >= 4 is 46.0 Å². The number of aliphatic imine (C=N–C) groups is 1. The molecular formula is C16H18ClN3O3S. The van der Waals surface area contributed by atoms with E-state index < -0.39 is 0 Å². The van der Waals surface area contributed by atoms with Gasteiger partial charge in [-0.25, -0.2) is 0 Å². The number of amides is 2. The predicted octanol–water partition coefficient (Wildman–Crippen LogP) is 2.07. The van der Waals surface area contributed by atoms with E-state index in [9.17, 15) is 9.59 Å². The third-order valence-corrected chi connectivity index (χ3v) is 5.06. The number of carbonyl (C=O) groups is 2. The van der Waals surface area contributed by atoms with E-state index in [1.54, 1.807) is 18.2 Å². The van der Waals surface area contributed by atoms with E-state index in [0.717, 1.165) is 19.4 Å². The molecule has 1 atom stereocenters. The fourth-order valence-electron chi connectivity index (χ4n) is 2.58. The molecule has 2 amide bonds. The van der Waals surface area contributed by atoms with E-state index in [1.807, 2.05) is 6.07 Å². The second kappa shape index (κ2) is 8.00. The average Bonchev–Trinajstić information content (AvgIpc) is 3.21. The summed E-state index contributed by atoms with van der Waals surface area (Å²) in [6.45, 7) is 1.37. The highest BCUT2D eigenvalue weighted by molar-refractivity contribution is 8.14. The number of nitrogens with one attached hydrogen (secondary N) is 1. The molecule has 1 fully saturated rings. The molecule has 1 saturated heterocycles. The van der Waals surface area contributed by atoms with E-state index in [1.165, 1.54) is 16.7 Å². The van der Waals surface area contributed by atoms with Crippen LogP contribution in [-0.2, 0) is 14.3 Å². The first-order valence-electron chi connectivity index (χ1n) is 7.78. The molecule has 1 aromatic carbocycles. The fourth-order valence-corrected chi connectivity index (χ4v) is 3.65. The number of hydrogen-bond donors (Lipinski definition) is 1. The van der Waals surface area contributed by atoms with Crippen molar-refractivity contribution in [1.29, 1.82) is 0 Å². The van der Waals surface area contributed by atoms with Gasteiger partial charge in [0, 0.05) is 13.2 Å². The molecule has 0 bridgehead atoms. The van der Waals surface area contributed by atoms with Gasteiger partial charge in [-0.15, -0.1) is 0 Å². The standard InChI is InChI=1S/C16H18ClN3O3S/c17-12-5-1-2-6-13(12)20-15(22)9-19-16(20)24-10-14(21)18-8-11-4-3-7-23-11/h1-2,5-6,11H,3-4,7-10H2,(H,18,21)/t11-/m1/s1. The highest BCUT2D eigenvalue weighted by Gasteiger charge is 2.29. The molecular weight excluding hydrogens is 350 g/mol. The lowest BCUT2D eigenvalue weighted by Crippen LogP contribution is -2.35. The Morgan fingerprint density at radius 2 is 2.29 bits per heavy atom. The number of anilines is 1. The molecule has 2 aliphatic heterocycles. The van der Waals surface area contributed by atoms with Crippen LogP contribution in [0.5, 0.6) is 0 Å². The maximum absolute atomic E-state index is 12.1. The Hall–Kier alpha value is -1.57. The van der Waals surface area contributed by atoms with Gasteiger partial charge < -0.3 is 10.1 Å². The summed E-state index contributed by atoms with van der Waals surface area (Å²) >= 11 is 7.40. The van der Waals surface area contributed by atoms with Gasteiger partial charge in [-0.05, 0) is 25.0 Å². The predicted molar refractivity (Wildman–Crippen MR) is 95.7 cm³/mol. The molecule has 0 aromatic heterocycles. The zero-order chi connectivity index (χ0) is 16.9. The van der Waals surface area contributed by atoms with Crippen LogP contribution in [-0.4, -0.2) is 48.5 Å². The molecule has 1 N–H and O–H groups in total. The number of carbonyl (C=O) groups excluding carboxylic acids is 2. The van der Waals surface area contributed by atoms with Gasteiger partial charge in [0.2, 0.25) is 5.91 Å². The zero-order valence-electron chi connectivity index (χ0n) is 13.0. The van der Waals surface area contributed by atoms with E-state index in [0.29, 0.717) is 22.4 Å². The van der Waals surface area contributed by atoms with Crippen molar-refractivity contribution in [2.75, 3.05) is 30.3 Å². The Kier molecular flexibility index (Phi) is 5.76. The summed E-state index contributed by atoms with van der Waals surface area (Å²) in [6.07, 6.45) is 2.14. The lowest BCUT2D eigenvalue weighted by Gasteiger charge is -2.19. The Labute approximate surface area is 149 Å². The van der Waals surface area contributed by atoms with Gasteiger partial charge in [-0.1, -0.05) is 35.5 Å². The lowest BCUT2D eigenvalue weighted by molar-refractivity contribution is -0.119. The van der Waals surface area contributed by atoms with Crippen molar-refractivity contribution in [3.63, 3.8) is 0 Å². The molecule has 6 nitrogen and oxygen atoms in total. The molecule has 0 saturated carbocycles. The number of thioether (sulfide) groups is 1. The van der Waals surface area contributed by atoms with Crippen molar-refractivity contribution in [3.8, 4) is 0 Å². The number of hydrogen-bond acceptors (Lipinski definition) is 5. The second-order valence-corrected chi connectivity index (χ2v) is 6.86. The minimum atomic E-state index is -0.148. The van der Waals surface area contributed by atoms with Crippen LogP contribution in [0.4, 0.5) is 5.69 Å². The number of halogens is 1. The van der Waals surface area contributed by atoms with Gasteiger partial charge in [0.05, 0.1) is 22.6 Å². The summed E-state index contributed by atoms with van der Waals surface area (Å²) < 4.78 is 5.47. The molecule has 0 unspecified atom stereocenters. The maximum atomic E-state index is 12.1. The molecule has 1 aromatic rings. The van der Waals surface area contributed by atoms with Crippen LogP contribution >= 0.6 is 23.4 Å². The quantitative estimate of drug-likeness (QED) is 0.864. The summed E-state index contributed by atoms with van der Waals surface area (Å²) in [6, 6.07) is 7.09. The SMILES string of the molecule is O=C(CSC1=NCC(=O)N1c1ccccc1Cl)NC[C@H]1CCCO1. The van der Waals surface area contributed by atoms with Crippen LogP contribution in [0.1, 0.15) is 12.8 Å². The third kappa shape index (κ3) is 4.09. The smallest absolute Gasteiger partial charge is 0.254 e. The van der Waals surface area contributed by atoms with Crippen molar-refractivity contribution in [2.24, 2.45) is 4.99 Å². The monoisotopic (exact) mass is 367 g/mol. The fraction of sp³-hybridized carbons (Fsp3) is 0.438. The van der Waals surface area contributed by atoms with E-state index >= 15 is 0 Å². The molecule has 0 radical (unpaired) electrons. The summed E-state index contributed by atoms with van der Waals surface area (Å²) in [4.78, 5) is 29.8. The minimum Gasteiger partial charge on any atom is -0.376 e. The lowest BCUT2D eigenvalue weighted by atomic mass is 10.2. The Morgan fingerprint density at radius 3 is 3.04 bits per heavy atom. The van der Waals surface area contributed by atoms with Crippen LogP contribution in [0.15, 0.2) is 29.3 Å². The summed E-state index contributed by atoms with van der Waals surface area (Å²) in [5.41, 5.74) is 0.590. The third-order valence-electron chi connectivity index (χ3n) is 3.77. The molecule has 2 heterocycles. The molecule has 0 aliphatic carbocycles. The van der Waals surface area contributed by atoms with Crippen LogP contribution in [0, 0.1) is 0 Å². The van der Waals surface area contributed by atoms with Crippen LogP contribution < -0.4 is 10.2 Å². The highest BCUT2D eigenvalue weighted by Crippen LogP contribution is 2.30. The zero-order valence-corrected chi connectivity index (χ0v) is 14.6. The average molecular weight is 368 g/mol. The first kappa shape index (κ1) is 17.3. The number of nitrogens with zero attached hydrogens (tertiary/aromatic N) is 2. The highest BCUT2D eigenvalue weighted by atomic mass is 35.5. The van der Waals surface area contributed by atoms with Crippen LogP contribution in [0.3, 0.4) is 0 Å². The Balaban J connectivity index is 1.55. The first-order valence-corrected chi connectivity index (χ1v) is 9.14. The van der Waals surface area contributed by atoms with Gasteiger partial charge in [0.15, 0.2) is 5.17 Å². The number of rotatable bonds is 5. The Morgan fingerprint density at radius 1 is 1.46 bits per heavy atom. The van der Waals surface area contributed by atoms with Crippen molar-refractivity contribution in [3.05, 3.63) is 29.3 Å². The number of ether oxygens (including phenoxy) is 1. The number of benzene rings is 1. The number of amidine groups is 1. The largest absolute Gasteiger partial charge is 0.376 e. The molecule has 2 aliphatic rings. The van der Waals surface area contributed by atoms with E-state index in [4.69, 9.17) is 16.3 Å². The summed E-state index contributed by atoms with van der Waals surface area (Å²) in [5, 5.41) is 3.83. The van der Waals surface area contributed by atoms with Gasteiger partial charge in [0.25, 0.3) is 5.91 Å². The Bertz CT molecular complexity index is 662. The van der Waals surface area contributed by atoms with E-state index in [-0.39, 0.29) is 30.2 Å². The van der Waals surface area contributed by atoms with Gasteiger partial charge in [0.1, 0.15) is 6.54 Å². The van der Waals surface area contributed by atoms with Gasteiger partial charge in [-0.2, -0.15) is 0 Å². The van der Waals surface area contributed by atoms with Crippen LogP contribution in [0.25, 0.3) is 0 Å². The topological polar surface area (TPSA) is 71.0 Å². The normalized spacial score (nSPS) is 20.4. The second-order valence-electron chi connectivity index (χ2n) is 5.51. The molecule has 3 rings (SSSR count). The van der Waals surface area contributed by atoms with E-state index in [2.05, 4.69) is 10.3 Å². The first-order chi connectivity index (χ1) is 11.6. The minimum absolute atomic E-state index is 0.0745. The summed E-state index contributed by atoms with van der Waals surface area (Å²) in [7, 11) is 0. The van der Waals surface area contributed by atoms with Crippen molar-refractivity contribution in [1.82, 2.24) is 5.32 Å². The molecule has 128 valence electrons. The van der Waals surface area contributed by atoms with Gasteiger partial charge >= 0.3 is 0 Å².